The quantitative estimate of drug-likeness (QED) is 0.832. The number of H-pyrrole nitrogens is 1. The molecule has 0 atom stereocenters. The number of aryl methyl sites for hydroxylation is 1. The summed E-state index contributed by atoms with van der Waals surface area (Å²) in [6, 6.07) is 3.75. The fourth-order valence-electron chi connectivity index (χ4n) is 3.28. The normalized spacial score (nSPS) is 15.4. The van der Waals surface area contributed by atoms with E-state index in [2.05, 4.69) is 21.4 Å². The first-order chi connectivity index (χ1) is 12.8. The SMILES string of the molecule is CCCn1c(=O)[nH]c(=O)c2c(C(=O)NC3(C#N)CCC3)cc(C(C)C)nc21. The second-order valence-corrected chi connectivity index (χ2v) is 7.36. The summed E-state index contributed by atoms with van der Waals surface area (Å²) in [5.74, 6) is -0.489. The first-order valence-electron chi connectivity index (χ1n) is 9.23. The maximum atomic E-state index is 13.0. The summed E-state index contributed by atoms with van der Waals surface area (Å²) in [5, 5.41) is 12.3. The molecule has 0 bridgehead atoms. The van der Waals surface area contributed by atoms with Gasteiger partial charge in [0.15, 0.2) is 5.65 Å². The Balaban J connectivity index is 2.26. The first kappa shape index (κ1) is 18.8. The van der Waals surface area contributed by atoms with Crippen LogP contribution in [0.3, 0.4) is 0 Å². The van der Waals surface area contributed by atoms with Gasteiger partial charge in [-0.05, 0) is 37.7 Å². The number of fused-ring (bicyclic) bond motifs is 1. The average Bonchev–Trinajstić information content (AvgIpc) is 2.60. The van der Waals surface area contributed by atoms with Crippen LogP contribution in [0.15, 0.2) is 15.7 Å². The zero-order chi connectivity index (χ0) is 19.8. The van der Waals surface area contributed by atoms with Crippen molar-refractivity contribution in [1.29, 1.82) is 5.26 Å². The average molecular weight is 369 g/mol. The van der Waals surface area contributed by atoms with E-state index in [0.29, 0.717) is 31.5 Å². The Kier molecular flexibility index (Phi) is 4.87. The molecule has 1 aliphatic rings. The molecule has 2 N–H and O–H groups in total. The minimum atomic E-state index is -0.880. The lowest BCUT2D eigenvalue weighted by molar-refractivity contribution is 0.0883. The van der Waals surface area contributed by atoms with Crippen molar-refractivity contribution in [3.63, 3.8) is 0 Å². The van der Waals surface area contributed by atoms with Gasteiger partial charge in [-0.15, -0.1) is 0 Å². The molecule has 0 spiro atoms. The summed E-state index contributed by atoms with van der Waals surface area (Å²) in [4.78, 5) is 44.6. The third-order valence-corrected chi connectivity index (χ3v) is 5.03. The Morgan fingerprint density at radius 3 is 2.67 bits per heavy atom. The van der Waals surface area contributed by atoms with Crippen LogP contribution in [0.2, 0.25) is 0 Å². The van der Waals surface area contributed by atoms with E-state index >= 15 is 0 Å². The molecule has 1 fully saturated rings. The number of aromatic nitrogens is 3. The number of nitrogens with one attached hydrogen (secondary N) is 2. The highest BCUT2D eigenvalue weighted by molar-refractivity contribution is 6.05. The molecule has 2 aromatic heterocycles. The second-order valence-electron chi connectivity index (χ2n) is 7.36. The molecule has 1 saturated carbocycles. The van der Waals surface area contributed by atoms with Crippen LogP contribution in [0.5, 0.6) is 0 Å². The number of carbonyl (C=O) groups is 1. The second kappa shape index (κ2) is 6.99. The fourth-order valence-corrected chi connectivity index (χ4v) is 3.28. The van der Waals surface area contributed by atoms with Crippen LogP contribution in [0, 0.1) is 11.3 Å². The number of pyridine rings is 1. The van der Waals surface area contributed by atoms with E-state index in [4.69, 9.17) is 0 Å². The molecule has 27 heavy (non-hydrogen) atoms. The van der Waals surface area contributed by atoms with Crippen molar-refractivity contribution in [2.45, 2.75) is 64.5 Å². The smallest absolute Gasteiger partial charge is 0.329 e. The summed E-state index contributed by atoms with van der Waals surface area (Å²) >= 11 is 0. The van der Waals surface area contributed by atoms with E-state index < -0.39 is 22.7 Å². The lowest BCUT2D eigenvalue weighted by Crippen LogP contribution is -2.52. The van der Waals surface area contributed by atoms with Gasteiger partial charge < -0.3 is 5.32 Å². The monoisotopic (exact) mass is 369 g/mol. The van der Waals surface area contributed by atoms with Crippen molar-refractivity contribution in [2.24, 2.45) is 0 Å². The summed E-state index contributed by atoms with van der Waals surface area (Å²) in [5.41, 5.74) is -1.09. The van der Waals surface area contributed by atoms with Gasteiger partial charge in [0.1, 0.15) is 5.54 Å². The Morgan fingerprint density at radius 2 is 2.15 bits per heavy atom. The van der Waals surface area contributed by atoms with Gasteiger partial charge in [0, 0.05) is 12.2 Å². The van der Waals surface area contributed by atoms with E-state index in [-0.39, 0.29) is 22.5 Å². The molecule has 2 heterocycles. The highest BCUT2D eigenvalue weighted by Crippen LogP contribution is 2.31. The maximum Gasteiger partial charge on any atom is 0.329 e. The number of rotatable bonds is 5. The molecule has 0 aliphatic heterocycles. The highest BCUT2D eigenvalue weighted by atomic mass is 16.2. The Labute approximate surface area is 156 Å². The van der Waals surface area contributed by atoms with Gasteiger partial charge in [-0.1, -0.05) is 20.8 Å². The predicted octanol–water partition coefficient (Wildman–Crippen LogP) is 1.79. The van der Waals surface area contributed by atoms with E-state index in [0.717, 1.165) is 6.42 Å². The van der Waals surface area contributed by atoms with E-state index in [1.165, 1.54) is 4.57 Å². The van der Waals surface area contributed by atoms with Gasteiger partial charge >= 0.3 is 5.69 Å². The summed E-state index contributed by atoms with van der Waals surface area (Å²) in [6.07, 6.45) is 2.73. The van der Waals surface area contributed by atoms with Crippen LogP contribution >= 0.6 is 0 Å². The van der Waals surface area contributed by atoms with Crippen molar-refractivity contribution in [2.75, 3.05) is 0 Å². The van der Waals surface area contributed by atoms with Crippen LogP contribution < -0.4 is 16.6 Å². The lowest BCUT2D eigenvalue weighted by atomic mass is 9.78. The molecule has 8 nitrogen and oxygen atoms in total. The molecule has 2 aromatic rings. The van der Waals surface area contributed by atoms with Crippen molar-refractivity contribution in [3.8, 4) is 6.07 Å². The molecule has 0 radical (unpaired) electrons. The number of nitrogens with zero attached hydrogens (tertiary/aromatic N) is 3. The maximum absolute atomic E-state index is 13.0. The first-order valence-corrected chi connectivity index (χ1v) is 9.23. The molecular weight excluding hydrogens is 346 g/mol. The zero-order valence-electron chi connectivity index (χ0n) is 15.8. The molecule has 0 aromatic carbocycles. The van der Waals surface area contributed by atoms with Gasteiger partial charge in [0.2, 0.25) is 0 Å². The minimum absolute atomic E-state index is 0.000883. The number of hydrogen-bond acceptors (Lipinski definition) is 5. The van der Waals surface area contributed by atoms with Crippen LogP contribution in [0.1, 0.15) is 68.4 Å². The van der Waals surface area contributed by atoms with E-state index in [1.54, 1.807) is 6.07 Å². The molecule has 3 rings (SSSR count). The Morgan fingerprint density at radius 1 is 1.44 bits per heavy atom. The van der Waals surface area contributed by atoms with Gasteiger partial charge in [0.05, 0.1) is 17.0 Å². The third-order valence-electron chi connectivity index (χ3n) is 5.03. The van der Waals surface area contributed by atoms with Gasteiger partial charge in [-0.3, -0.25) is 19.1 Å². The predicted molar refractivity (Wildman–Crippen MR) is 101 cm³/mol. The molecule has 0 unspecified atom stereocenters. The van der Waals surface area contributed by atoms with Gasteiger partial charge in [0.25, 0.3) is 11.5 Å². The number of amides is 1. The molecule has 8 heteroatoms. The molecule has 142 valence electrons. The molecule has 1 amide bonds. The fraction of sp³-hybridized carbons (Fsp3) is 0.526. The lowest BCUT2D eigenvalue weighted by Gasteiger charge is -2.35. The summed E-state index contributed by atoms with van der Waals surface area (Å²) in [7, 11) is 0. The van der Waals surface area contributed by atoms with Crippen LogP contribution in [0.25, 0.3) is 11.0 Å². The Hall–Kier alpha value is -2.95. The van der Waals surface area contributed by atoms with E-state index in [9.17, 15) is 19.6 Å². The van der Waals surface area contributed by atoms with Crippen molar-refractivity contribution >= 4 is 16.9 Å². The topological polar surface area (TPSA) is 121 Å². The van der Waals surface area contributed by atoms with E-state index in [1.807, 2.05) is 20.8 Å². The van der Waals surface area contributed by atoms with Crippen LogP contribution in [0.4, 0.5) is 0 Å². The summed E-state index contributed by atoms with van der Waals surface area (Å²) < 4.78 is 1.39. The standard InChI is InChI=1S/C19H23N5O3/c1-4-8-24-15-14(17(26)22-18(24)27)12(9-13(21-15)11(2)3)16(25)23-19(10-20)6-5-7-19/h9,11H,4-8H2,1-3H3,(H,23,25)(H,22,26,27). The molecule has 0 saturated heterocycles. The van der Waals surface area contributed by atoms with Crippen molar-refractivity contribution < 1.29 is 4.79 Å². The Bertz CT molecular complexity index is 1050. The molecule has 1 aliphatic carbocycles. The third kappa shape index (κ3) is 3.25. The van der Waals surface area contributed by atoms with Crippen molar-refractivity contribution in [1.82, 2.24) is 19.9 Å². The highest BCUT2D eigenvalue weighted by Gasteiger charge is 2.39. The number of nitriles is 1. The largest absolute Gasteiger partial charge is 0.334 e. The van der Waals surface area contributed by atoms with Crippen LogP contribution in [-0.4, -0.2) is 26.0 Å². The number of aromatic amines is 1. The van der Waals surface area contributed by atoms with Gasteiger partial charge in [-0.25, -0.2) is 9.78 Å². The van der Waals surface area contributed by atoms with Crippen molar-refractivity contribution in [3.05, 3.63) is 38.2 Å². The molecular formula is C19H23N5O3. The minimum Gasteiger partial charge on any atom is -0.334 e. The summed E-state index contributed by atoms with van der Waals surface area (Å²) in [6.45, 7) is 6.14. The van der Waals surface area contributed by atoms with Gasteiger partial charge in [-0.2, -0.15) is 5.26 Å². The zero-order valence-corrected chi connectivity index (χ0v) is 15.8. The number of hydrogen-bond donors (Lipinski definition) is 2. The number of carbonyl (C=O) groups excluding carboxylic acids is 1. The van der Waals surface area contributed by atoms with Crippen LogP contribution in [-0.2, 0) is 6.54 Å².